The molecule has 3 N–H and O–H groups in total. The lowest BCUT2D eigenvalue weighted by Gasteiger charge is -2.27. The number of rotatable bonds is 7. The van der Waals surface area contributed by atoms with Gasteiger partial charge in [-0.1, -0.05) is 0 Å². The Balaban J connectivity index is 4.86. The fourth-order valence-corrected chi connectivity index (χ4v) is 1.28. The molecule has 0 atom stereocenters. The predicted molar refractivity (Wildman–Crippen MR) is 63.1 cm³/mol. The first-order valence-electron chi connectivity index (χ1n) is 5.42. The topological polar surface area (TPSA) is 130 Å². The van der Waals surface area contributed by atoms with Gasteiger partial charge in [0.2, 0.25) is 5.91 Å². The summed E-state index contributed by atoms with van der Waals surface area (Å²) in [7, 11) is 1.17. The molecule has 0 unspecified atom stereocenters. The van der Waals surface area contributed by atoms with Crippen molar-refractivity contribution in [3.05, 3.63) is 0 Å². The monoisotopic (exact) mass is 275 g/mol. The van der Waals surface area contributed by atoms with Crippen molar-refractivity contribution in [3.8, 4) is 0 Å². The van der Waals surface area contributed by atoms with Gasteiger partial charge >= 0.3 is 18.0 Å². The molecule has 0 aliphatic heterocycles. The highest BCUT2D eigenvalue weighted by Gasteiger charge is 2.25. The first-order chi connectivity index (χ1) is 8.81. The molecular formula is C10H17N3O6. The molecule has 0 aromatic rings. The molecule has 0 radical (unpaired) electrons. The molecule has 0 heterocycles. The molecule has 0 rings (SSSR count). The van der Waals surface area contributed by atoms with Crippen molar-refractivity contribution < 1.29 is 29.0 Å². The summed E-state index contributed by atoms with van der Waals surface area (Å²) in [6, 6.07) is -0.769. The SMILES string of the molecule is CCN(CC(=O)OC)C(=O)N(CC(N)=O)CC(=O)O. The number of carbonyl (C=O) groups is 4. The van der Waals surface area contributed by atoms with Crippen LogP contribution < -0.4 is 5.73 Å². The van der Waals surface area contributed by atoms with Gasteiger partial charge < -0.3 is 25.4 Å². The van der Waals surface area contributed by atoms with Gasteiger partial charge in [0.25, 0.3) is 0 Å². The van der Waals surface area contributed by atoms with E-state index in [4.69, 9.17) is 10.8 Å². The summed E-state index contributed by atoms with van der Waals surface area (Å²) in [5.74, 6) is -2.78. The van der Waals surface area contributed by atoms with Gasteiger partial charge in [0, 0.05) is 6.54 Å². The zero-order chi connectivity index (χ0) is 15.0. The summed E-state index contributed by atoms with van der Waals surface area (Å²) in [5.41, 5.74) is 4.94. The van der Waals surface area contributed by atoms with Gasteiger partial charge in [-0.2, -0.15) is 0 Å². The van der Waals surface area contributed by atoms with Crippen LogP contribution >= 0.6 is 0 Å². The van der Waals surface area contributed by atoms with Crippen LogP contribution in [0.3, 0.4) is 0 Å². The molecule has 0 aliphatic carbocycles. The number of aliphatic carboxylic acids is 1. The number of nitrogens with two attached hydrogens (primary N) is 1. The molecule has 19 heavy (non-hydrogen) atoms. The lowest BCUT2D eigenvalue weighted by Crippen LogP contribution is -2.49. The number of primary amides is 1. The summed E-state index contributed by atoms with van der Waals surface area (Å²) in [6.45, 7) is 0.204. The smallest absolute Gasteiger partial charge is 0.325 e. The average molecular weight is 275 g/mol. The van der Waals surface area contributed by atoms with Crippen LogP contribution in [-0.4, -0.2) is 72.1 Å². The van der Waals surface area contributed by atoms with Gasteiger partial charge in [-0.15, -0.1) is 0 Å². The lowest BCUT2D eigenvalue weighted by atomic mass is 10.4. The normalized spacial score (nSPS) is 9.58. The van der Waals surface area contributed by atoms with Gasteiger partial charge in [-0.05, 0) is 6.92 Å². The van der Waals surface area contributed by atoms with Crippen molar-refractivity contribution in [1.82, 2.24) is 9.80 Å². The summed E-state index contributed by atoms with van der Waals surface area (Å²) in [4.78, 5) is 46.3. The summed E-state index contributed by atoms with van der Waals surface area (Å²) < 4.78 is 4.42. The lowest BCUT2D eigenvalue weighted by molar-refractivity contribution is -0.141. The molecule has 9 heteroatoms. The minimum absolute atomic E-state index is 0.156. The second-order valence-corrected chi connectivity index (χ2v) is 3.59. The number of carbonyl (C=O) groups excluding carboxylic acids is 3. The van der Waals surface area contributed by atoms with E-state index in [0.29, 0.717) is 0 Å². The van der Waals surface area contributed by atoms with Crippen LogP contribution in [0.25, 0.3) is 0 Å². The zero-order valence-corrected chi connectivity index (χ0v) is 10.8. The van der Waals surface area contributed by atoms with Gasteiger partial charge in [0.15, 0.2) is 0 Å². The van der Waals surface area contributed by atoms with Crippen LogP contribution in [-0.2, 0) is 19.1 Å². The van der Waals surface area contributed by atoms with E-state index in [1.165, 1.54) is 7.11 Å². The maximum atomic E-state index is 12.0. The number of urea groups is 1. The standard InChI is InChI=1S/C10H17N3O6/c1-3-12(6-9(17)19-2)10(18)13(4-7(11)14)5-8(15)16/h3-6H2,1-2H3,(H2,11,14)(H,15,16). The quantitative estimate of drug-likeness (QED) is 0.542. The number of hydrogen-bond acceptors (Lipinski definition) is 5. The number of likely N-dealkylation sites (N-methyl/N-ethyl adjacent to an activating group) is 1. The number of hydrogen-bond donors (Lipinski definition) is 2. The van der Waals surface area contributed by atoms with Crippen LogP contribution in [0.15, 0.2) is 0 Å². The van der Waals surface area contributed by atoms with Crippen molar-refractivity contribution in [3.63, 3.8) is 0 Å². The van der Waals surface area contributed by atoms with E-state index in [2.05, 4.69) is 4.74 Å². The highest BCUT2D eigenvalue weighted by atomic mass is 16.5. The number of nitrogens with zero attached hydrogens (tertiary/aromatic N) is 2. The molecule has 3 amide bonds. The summed E-state index contributed by atoms with van der Waals surface area (Å²) >= 11 is 0. The Morgan fingerprint density at radius 2 is 1.68 bits per heavy atom. The van der Waals surface area contributed by atoms with Crippen LogP contribution in [0.2, 0.25) is 0 Å². The highest BCUT2D eigenvalue weighted by molar-refractivity contribution is 5.87. The maximum Gasteiger partial charge on any atom is 0.325 e. The molecule has 0 spiro atoms. The van der Waals surface area contributed by atoms with Crippen molar-refractivity contribution in [2.75, 3.05) is 33.3 Å². The Labute approximate surface area is 109 Å². The largest absolute Gasteiger partial charge is 0.480 e. The average Bonchev–Trinajstić information content (AvgIpc) is 2.32. The Morgan fingerprint density at radius 3 is 2.05 bits per heavy atom. The molecule has 0 fully saturated rings. The number of esters is 1. The molecular weight excluding hydrogens is 258 g/mol. The van der Waals surface area contributed by atoms with Gasteiger partial charge in [-0.25, -0.2) is 4.79 Å². The molecule has 0 saturated carbocycles. The molecule has 0 aliphatic rings. The van der Waals surface area contributed by atoms with Crippen molar-refractivity contribution in [1.29, 1.82) is 0 Å². The van der Waals surface area contributed by atoms with Crippen molar-refractivity contribution in [2.24, 2.45) is 5.73 Å². The molecule has 0 saturated heterocycles. The number of carboxylic acids is 1. The number of ether oxygens (including phenoxy) is 1. The Bertz CT molecular complexity index is 354. The third-order valence-corrected chi connectivity index (χ3v) is 2.14. The van der Waals surface area contributed by atoms with Crippen molar-refractivity contribution >= 4 is 23.9 Å². The van der Waals surface area contributed by atoms with E-state index < -0.39 is 37.0 Å². The second kappa shape index (κ2) is 7.90. The minimum atomic E-state index is -1.29. The predicted octanol–water partition coefficient (Wildman–Crippen LogP) is -1.53. The van der Waals surface area contributed by atoms with Gasteiger partial charge in [0.1, 0.15) is 19.6 Å². The summed E-state index contributed by atoms with van der Waals surface area (Å²) in [6.07, 6.45) is 0. The maximum absolute atomic E-state index is 12.0. The minimum Gasteiger partial charge on any atom is -0.480 e. The van der Waals surface area contributed by atoms with E-state index in [1.807, 2.05) is 0 Å². The van der Waals surface area contributed by atoms with E-state index in [-0.39, 0.29) is 13.1 Å². The number of carboxylic acid groups (broad SMARTS) is 1. The molecule has 9 nitrogen and oxygen atoms in total. The fraction of sp³-hybridized carbons (Fsp3) is 0.600. The summed E-state index contributed by atoms with van der Waals surface area (Å²) in [5, 5.41) is 8.67. The highest BCUT2D eigenvalue weighted by Crippen LogP contribution is 2.00. The third-order valence-electron chi connectivity index (χ3n) is 2.14. The molecule has 0 aromatic heterocycles. The Kier molecular flexibility index (Phi) is 6.94. The van der Waals surface area contributed by atoms with Gasteiger partial charge in [-0.3, -0.25) is 14.4 Å². The first kappa shape index (κ1) is 16.7. The second-order valence-electron chi connectivity index (χ2n) is 3.59. The van der Waals surface area contributed by atoms with E-state index in [9.17, 15) is 19.2 Å². The van der Waals surface area contributed by atoms with Crippen LogP contribution in [0.4, 0.5) is 4.79 Å². The fourth-order valence-electron chi connectivity index (χ4n) is 1.28. The molecule has 0 bridgehead atoms. The first-order valence-corrected chi connectivity index (χ1v) is 5.42. The van der Waals surface area contributed by atoms with E-state index in [0.717, 1.165) is 9.80 Å². The number of methoxy groups -OCH3 is 1. The molecule has 108 valence electrons. The Morgan fingerprint density at radius 1 is 1.11 bits per heavy atom. The third kappa shape index (κ3) is 6.24. The number of amides is 3. The van der Waals surface area contributed by atoms with E-state index in [1.54, 1.807) is 6.92 Å². The van der Waals surface area contributed by atoms with Crippen LogP contribution in [0.1, 0.15) is 6.92 Å². The van der Waals surface area contributed by atoms with Crippen molar-refractivity contribution in [2.45, 2.75) is 6.92 Å². The zero-order valence-electron chi connectivity index (χ0n) is 10.8. The van der Waals surface area contributed by atoms with Crippen LogP contribution in [0, 0.1) is 0 Å². The van der Waals surface area contributed by atoms with Crippen LogP contribution in [0.5, 0.6) is 0 Å². The Hall–Kier alpha value is -2.32. The van der Waals surface area contributed by atoms with Gasteiger partial charge in [0.05, 0.1) is 7.11 Å². The van der Waals surface area contributed by atoms with E-state index >= 15 is 0 Å². The molecule has 0 aromatic carbocycles.